The number of amides is 1. The van der Waals surface area contributed by atoms with Gasteiger partial charge in [-0.2, -0.15) is 0 Å². The Morgan fingerprint density at radius 3 is 2.69 bits per heavy atom. The minimum absolute atomic E-state index is 0.0125. The Balaban J connectivity index is 1.71. The summed E-state index contributed by atoms with van der Waals surface area (Å²) < 4.78 is 6.33. The lowest BCUT2D eigenvalue weighted by Gasteiger charge is -2.10. The van der Waals surface area contributed by atoms with Crippen LogP contribution in [0.4, 0.5) is 5.69 Å². The summed E-state index contributed by atoms with van der Waals surface area (Å²) in [6, 6.07) is 6.38. The van der Waals surface area contributed by atoms with Crippen LogP contribution in [-0.4, -0.2) is 5.91 Å². The predicted molar refractivity (Wildman–Crippen MR) is 120 cm³/mol. The second-order valence-electron chi connectivity index (χ2n) is 8.51. The Labute approximate surface area is 174 Å². The van der Waals surface area contributed by atoms with Crippen molar-refractivity contribution < 1.29 is 9.21 Å². The molecule has 0 saturated heterocycles. The molecular weight excluding hydrogens is 358 g/mol. The van der Waals surface area contributed by atoms with Crippen LogP contribution < -0.4 is 5.32 Å². The first kappa shape index (κ1) is 20.0. The predicted octanol–water partition coefficient (Wildman–Crippen LogP) is 6.73. The largest absolute Gasteiger partial charge is 0.461 e. The summed E-state index contributed by atoms with van der Waals surface area (Å²) in [6.45, 7) is 4.45. The molecule has 154 valence electrons. The van der Waals surface area contributed by atoms with E-state index in [1.165, 1.54) is 61.6 Å². The van der Waals surface area contributed by atoms with Crippen molar-refractivity contribution in [2.75, 3.05) is 5.32 Å². The van der Waals surface area contributed by atoms with Crippen LogP contribution in [0, 0.1) is 0 Å². The van der Waals surface area contributed by atoms with Gasteiger partial charge >= 0.3 is 0 Å². The molecule has 1 N–H and O–H groups in total. The molecule has 0 unspecified atom stereocenters. The van der Waals surface area contributed by atoms with Crippen molar-refractivity contribution in [3.8, 4) is 0 Å². The Morgan fingerprint density at radius 1 is 1.03 bits per heavy atom. The van der Waals surface area contributed by atoms with E-state index in [4.69, 9.17) is 4.42 Å². The molecule has 2 aromatic rings. The summed E-state index contributed by atoms with van der Waals surface area (Å²) in [7, 11) is 0. The number of furan rings is 1. The second-order valence-corrected chi connectivity index (χ2v) is 8.51. The van der Waals surface area contributed by atoms with Gasteiger partial charge in [-0.3, -0.25) is 4.79 Å². The molecule has 1 aromatic heterocycles. The van der Waals surface area contributed by atoms with Gasteiger partial charge in [-0.1, -0.05) is 39.2 Å². The van der Waals surface area contributed by atoms with Gasteiger partial charge < -0.3 is 9.73 Å². The van der Waals surface area contributed by atoms with E-state index in [1.54, 1.807) is 0 Å². The first-order valence-electron chi connectivity index (χ1n) is 11.5. The van der Waals surface area contributed by atoms with Crippen LogP contribution in [-0.2, 0) is 30.5 Å². The highest BCUT2D eigenvalue weighted by molar-refractivity contribution is 6.34. The van der Waals surface area contributed by atoms with Crippen molar-refractivity contribution in [3.63, 3.8) is 0 Å². The normalized spacial score (nSPS) is 16.8. The van der Waals surface area contributed by atoms with E-state index in [2.05, 4.69) is 31.3 Å². The third-order valence-corrected chi connectivity index (χ3v) is 6.30. The van der Waals surface area contributed by atoms with Crippen molar-refractivity contribution in [1.29, 1.82) is 0 Å². The van der Waals surface area contributed by atoms with E-state index in [0.717, 1.165) is 54.0 Å². The molecule has 0 spiro atoms. The van der Waals surface area contributed by atoms with Crippen molar-refractivity contribution in [1.82, 2.24) is 0 Å². The summed E-state index contributed by atoms with van der Waals surface area (Å²) in [5.74, 6) is 2.07. The molecule has 4 rings (SSSR count). The van der Waals surface area contributed by atoms with Crippen molar-refractivity contribution >= 4 is 23.2 Å². The van der Waals surface area contributed by atoms with Gasteiger partial charge in [-0.05, 0) is 74.3 Å². The highest BCUT2D eigenvalue weighted by Gasteiger charge is 2.27. The third-order valence-electron chi connectivity index (χ3n) is 6.30. The topological polar surface area (TPSA) is 42.2 Å². The van der Waals surface area contributed by atoms with Crippen molar-refractivity contribution in [2.45, 2.75) is 84.5 Å². The molecule has 0 radical (unpaired) electrons. The summed E-state index contributed by atoms with van der Waals surface area (Å²) in [5, 5.41) is 3.04. The molecule has 3 heteroatoms. The van der Waals surface area contributed by atoms with Gasteiger partial charge in [0.15, 0.2) is 0 Å². The number of hydrogen-bond donors (Lipinski definition) is 1. The molecule has 1 aliphatic carbocycles. The average Bonchev–Trinajstić information content (AvgIpc) is 3.24. The maximum Gasteiger partial charge on any atom is 0.256 e. The number of fused-ring (bicyclic) bond motifs is 2. The number of rotatable bonds is 8. The SMILES string of the molecule is CCCCCc1c(C=C2C(=O)Nc3ccc(CCCC)cc32)oc2c1CCCC2. The molecule has 0 atom stereocenters. The van der Waals surface area contributed by atoms with E-state index >= 15 is 0 Å². The van der Waals surface area contributed by atoms with Gasteiger partial charge in [-0.15, -0.1) is 0 Å². The van der Waals surface area contributed by atoms with Gasteiger partial charge in [0.2, 0.25) is 0 Å². The number of benzene rings is 1. The molecule has 1 aliphatic heterocycles. The quantitative estimate of drug-likeness (QED) is 0.400. The minimum atomic E-state index is -0.0125. The summed E-state index contributed by atoms with van der Waals surface area (Å²) in [6.07, 6.45) is 14.7. The average molecular weight is 392 g/mol. The smallest absolute Gasteiger partial charge is 0.256 e. The number of hydrogen-bond acceptors (Lipinski definition) is 2. The van der Waals surface area contributed by atoms with Crippen LogP contribution in [0.2, 0.25) is 0 Å². The summed E-state index contributed by atoms with van der Waals surface area (Å²) in [4.78, 5) is 12.8. The fraction of sp³-hybridized carbons (Fsp3) is 0.500. The van der Waals surface area contributed by atoms with E-state index in [1.807, 2.05) is 12.1 Å². The lowest BCUT2D eigenvalue weighted by Crippen LogP contribution is -2.04. The number of aryl methyl sites for hydroxylation is 2. The second kappa shape index (κ2) is 9.02. The minimum Gasteiger partial charge on any atom is -0.461 e. The number of anilines is 1. The highest BCUT2D eigenvalue weighted by Crippen LogP contribution is 2.37. The molecule has 2 aliphatic rings. The van der Waals surface area contributed by atoms with Crippen LogP contribution in [0.15, 0.2) is 22.6 Å². The molecule has 29 heavy (non-hydrogen) atoms. The third kappa shape index (κ3) is 4.19. The molecular formula is C26H33NO2. The molecule has 2 heterocycles. The Hall–Kier alpha value is -2.29. The van der Waals surface area contributed by atoms with Crippen LogP contribution in [0.5, 0.6) is 0 Å². The standard InChI is InChI=1S/C26H33NO2/c1-3-5-7-11-20-19-12-8-9-13-24(19)29-25(20)17-22-21-16-18(10-6-4-2)14-15-23(21)27-26(22)28/h14-17H,3-13H2,1-2H3,(H,27,28). The zero-order valence-electron chi connectivity index (χ0n) is 17.9. The molecule has 1 aromatic carbocycles. The van der Waals surface area contributed by atoms with Crippen LogP contribution in [0.1, 0.15) is 92.6 Å². The lowest BCUT2D eigenvalue weighted by atomic mass is 9.91. The van der Waals surface area contributed by atoms with Gasteiger partial charge in [-0.25, -0.2) is 0 Å². The highest BCUT2D eigenvalue weighted by atomic mass is 16.3. The molecule has 1 amide bonds. The Bertz CT molecular complexity index is 919. The number of nitrogens with one attached hydrogen (secondary N) is 1. The zero-order valence-corrected chi connectivity index (χ0v) is 17.9. The first-order chi connectivity index (χ1) is 14.2. The maximum atomic E-state index is 12.8. The Morgan fingerprint density at radius 2 is 1.86 bits per heavy atom. The first-order valence-corrected chi connectivity index (χ1v) is 11.5. The molecule has 0 fully saturated rings. The number of carbonyl (C=O) groups is 1. The molecule has 0 saturated carbocycles. The lowest BCUT2D eigenvalue weighted by molar-refractivity contribution is -0.110. The molecule has 0 bridgehead atoms. The van der Waals surface area contributed by atoms with E-state index in [0.29, 0.717) is 0 Å². The zero-order chi connectivity index (χ0) is 20.2. The number of carbonyl (C=O) groups excluding carboxylic acids is 1. The van der Waals surface area contributed by atoms with Crippen molar-refractivity contribution in [2.24, 2.45) is 0 Å². The maximum absolute atomic E-state index is 12.8. The number of unbranched alkanes of at least 4 members (excludes halogenated alkanes) is 3. The summed E-state index contributed by atoms with van der Waals surface area (Å²) >= 11 is 0. The summed E-state index contributed by atoms with van der Waals surface area (Å²) in [5.41, 5.74) is 6.78. The fourth-order valence-corrected chi connectivity index (χ4v) is 4.64. The van der Waals surface area contributed by atoms with Crippen LogP contribution >= 0.6 is 0 Å². The van der Waals surface area contributed by atoms with Gasteiger partial charge in [0.05, 0.1) is 5.57 Å². The monoisotopic (exact) mass is 391 g/mol. The Kier molecular flexibility index (Phi) is 6.22. The van der Waals surface area contributed by atoms with Crippen molar-refractivity contribution in [3.05, 3.63) is 52.0 Å². The van der Waals surface area contributed by atoms with Crippen LogP contribution in [0.25, 0.3) is 11.6 Å². The molecule has 3 nitrogen and oxygen atoms in total. The van der Waals surface area contributed by atoms with Gasteiger partial charge in [0.1, 0.15) is 11.5 Å². The van der Waals surface area contributed by atoms with Crippen LogP contribution in [0.3, 0.4) is 0 Å². The van der Waals surface area contributed by atoms with Gasteiger partial charge in [0, 0.05) is 23.2 Å². The van der Waals surface area contributed by atoms with E-state index in [-0.39, 0.29) is 5.91 Å². The van der Waals surface area contributed by atoms with E-state index in [9.17, 15) is 4.79 Å². The van der Waals surface area contributed by atoms with E-state index < -0.39 is 0 Å². The fourth-order valence-electron chi connectivity index (χ4n) is 4.64. The van der Waals surface area contributed by atoms with Gasteiger partial charge in [0.25, 0.3) is 5.91 Å².